The average Bonchev–Trinajstić information content (AvgIpc) is 2.64. The zero-order valence-corrected chi connectivity index (χ0v) is 9.23. The summed E-state index contributed by atoms with van der Waals surface area (Å²) >= 11 is 0. The van der Waals surface area contributed by atoms with Gasteiger partial charge in [-0.05, 0) is 12.1 Å². The molecule has 1 aliphatic rings. The van der Waals surface area contributed by atoms with E-state index in [9.17, 15) is 17.3 Å². The Labute approximate surface area is 97.2 Å². The first kappa shape index (κ1) is 13.4. The minimum absolute atomic E-state index is 0.948. The molecule has 0 radical (unpaired) electrons. The van der Waals surface area contributed by atoms with Crippen molar-refractivity contribution in [3.05, 3.63) is 42.7 Å². The van der Waals surface area contributed by atoms with E-state index in [-0.39, 0.29) is 0 Å². The normalized spacial score (nSPS) is 14.6. The molecule has 1 aromatic rings. The van der Waals surface area contributed by atoms with Crippen molar-refractivity contribution in [1.29, 1.82) is 0 Å². The van der Waals surface area contributed by atoms with E-state index in [1.165, 1.54) is 5.69 Å². The SMILES string of the molecule is CN1C=CN(c2ccccc2)C1.F[B-](F)(F)F. The van der Waals surface area contributed by atoms with Gasteiger partial charge in [0.05, 0.1) is 6.67 Å². The molecule has 1 aromatic carbocycles. The Morgan fingerprint density at radius 1 is 1.00 bits per heavy atom. The molecule has 0 atom stereocenters. The van der Waals surface area contributed by atoms with Crippen molar-refractivity contribution < 1.29 is 17.3 Å². The molecule has 17 heavy (non-hydrogen) atoms. The number of para-hydroxylation sites is 1. The highest BCUT2D eigenvalue weighted by Gasteiger charge is 2.20. The largest absolute Gasteiger partial charge is 0.673 e. The van der Waals surface area contributed by atoms with E-state index in [0.717, 1.165) is 6.67 Å². The van der Waals surface area contributed by atoms with Gasteiger partial charge in [-0.3, -0.25) is 0 Å². The van der Waals surface area contributed by atoms with Crippen molar-refractivity contribution in [2.45, 2.75) is 0 Å². The lowest BCUT2D eigenvalue weighted by molar-refractivity contribution is 0.368. The number of anilines is 1. The van der Waals surface area contributed by atoms with Crippen LogP contribution in [-0.2, 0) is 0 Å². The van der Waals surface area contributed by atoms with Crippen molar-refractivity contribution in [3.8, 4) is 0 Å². The molecule has 2 rings (SSSR count). The molecule has 0 unspecified atom stereocenters. The van der Waals surface area contributed by atoms with E-state index in [1.807, 2.05) is 6.07 Å². The second kappa shape index (κ2) is 5.61. The standard InChI is InChI=1S/C10H12N2.BF4/c1-11-7-8-12(9-11)10-5-3-2-4-6-10;2-1(3,4)5/h2-8H,9H2,1H3;/q;-1. The van der Waals surface area contributed by atoms with Crippen molar-refractivity contribution in [3.63, 3.8) is 0 Å². The monoisotopic (exact) mass is 247 g/mol. The Bertz CT molecular complexity index is 360. The number of hydrogen-bond donors (Lipinski definition) is 0. The van der Waals surface area contributed by atoms with Crippen molar-refractivity contribution in [1.82, 2.24) is 4.90 Å². The van der Waals surface area contributed by atoms with Crippen LogP contribution in [0.1, 0.15) is 0 Å². The topological polar surface area (TPSA) is 6.48 Å². The Balaban J connectivity index is 0.000000249. The number of halogens is 4. The van der Waals surface area contributed by atoms with E-state index in [1.54, 1.807) is 0 Å². The van der Waals surface area contributed by atoms with Crippen LogP contribution in [0.3, 0.4) is 0 Å². The van der Waals surface area contributed by atoms with Gasteiger partial charge in [-0.15, -0.1) is 0 Å². The van der Waals surface area contributed by atoms with Gasteiger partial charge in [0, 0.05) is 25.1 Å². The molecule has 0 spiro atoms. The molecule has 0 saturated carbocycles. The summed E-state index contributed by atoms with van der Waals surface area (Å²) in [6.07, 6.45) is 4.17. The van der Waals surface area contributed by atoms with E-state index in [0.29, 0.717) is 0 Å². The van der Waals surface area contributed by atoms with Crippen LogP contribution in [0.2, 0.25) is 0 Å². The van der Waals surface area contributed by atoms with Gasteiger partial charge in [-0.2, -0.15) is 0 Å². The molecular weight excluding hydrogens is 235 g/mol. The van der Waals surface area contributed by atoms with Crippen LogP contribution < -0.4 is 4.90 Å². The molecule has 1 heterocycles. The Morgan fingerprint density at radius 3 is 1.94 bits per heavy atom. The first-order valence-electron chi connectivity index (χ1n) is 4.94. The van der Waals surface area contributed by atoms with Crippen molar-refractivity contribution in [2.75, 3.05) is 18.6 Å². The van der Waals surface area contributed by atoms with Crippen molar-refractivity contribution in [2.24, 2.45) is 0 Å². The molecule has 2 nitrogen and oxygen atoms in total. The predicted octanol–water partition coefficient (Wildman–Crippen LogP) is 3.17. The van der Waals surface area contributed by atoms with E-state index >= 15 is 0 Å². The third kappa shape index (κ3) is 5.84. The second-order valence-electron chi connectivity index (χ2n) is 3.50. The maximum atomic E-state index is 9.75. The summed E-state index contributed by atoms with van der Waals surface area (Å²) in [4.78, 5) is 4.35. The fourth-order valence-corrected chi connectivity index (χ4v) is 1.32. The van der Waals surface area contributed by atoms with Crippen LogP contribution in [0.4, 0.5) is 23.0 Å². The summed E-state index contributed by atoms with van der Waals surface area (Å²) in [7, 11) is -3.93. The lowest BCUT2D eigenvalue weighted by atomic mass is 10.3. The lowest BCUT2D eigenvalue weighted by Gasteiger charge is -2.17. The lowest BCUT2D eigenvalue weighted by Crippen LogP contribution is -2.21. The fraction of sp³-hybridized carbons (Fsp3) is 0.200. The Hall–Kier alpha value is -1.66. The highest BCUT2D eigenvalue weighted by molar-refractivity contribution is 6.50. The molecule has 1 aliphatic heterocycles. The van der Waals surface area contributed by atoms with E-state index in [4.69, 9.17) is 0 Å². The van der Waals surface area contributed by atoms with Gasteiger partial charge in [0.25, 0.3) is 0 Å². The van der Waals surface area contributed by atoms with Gasteiger partial charge in [0.1, 0.15) is 0 Å². The van der Waals surface area contributed by atoms with Crippen LogP contribution in [0.25, 0.3) is 0 Å². The van der Waals surface area contributed by atoms with Crippen molar-refractivity contribution >= 4 is 12.9 Å². The van der Waals surface area contributed by atoms with Gasteiger partial charge in [0.15, 0.2) is 0 Å². The summed E-state index contributed by atoms with van der Waals surface area (Å²) in [6.45, 7) is 0.948. The van der Waals surface area contributed by atoms with Crippen LogP contribution >= 0.6 is 0 Å². The number of rotatable bonds is 1. The zero-order valence-electron chi connectivity index (χ0n) is 9.23. The van der Waals surface area contributed by atoms with Crippen LogP contribution in [0, 0.1) is 0 Å². The first-order chi connectivity index (χ1) is 7.86. The smallest absolute Gasteiger partial charge is 0.418 e. The van der Waals surface area contributed by atoms with Gasteiger partial charge < -0.3 is 27.1 Å². The highest BCUT2D eigenvalue weighted by atomic mass is 19.5. The average molecular weight is 247 g/mol. The molecule has 94 valence electrons. The molecule has 0 bridgehead atoms. The Kier molecular flexibility index (Phi) is 4.42. The second-order valence-corrected chi connectivity index (χ2v) is 3.50. The summed E-state index contributed by atoms with van der Waals surface area (Å²) in [6, 6.07) is 10.4. The zero-order chi connectivity index (χ0) is 12.9. The number of hydrogen-bond acceptors (Lipinski definition) is 2. The van der Waals surface area contributed by atoms with Crippen LogP contribution in [0.5, 0.6) is 0 Å². The highest BCUT2D eigenvalue weighted by Crippen LogP contribution is 2.16. The van der Waals surface area contributed by atoms with Gasteiger partial charge in [-0.1, -0.05) is 18.2 Å². The van der Waals surface area contributed by atoms with E-state index in [2.05, 4.69) is 53.5 Å². The molecule has 0 N–H and O–H groups in total. The number of benzene rings is 1. The quantitative estimate of drug-likeness (QED) is 0.555. The summed E-state index contributed by atoms with van der Waals surface area (Å²) < 4.78 is 39.0. The number of nitrogens with zero attached hydrogens (tertiary/aromatic N) is 2. The van der Waals surface area contributed by atoms with Gasteiger partial charge >= 0.3 is 7.25 Å². The maximum Gasteiger partial charge on any atom is 0.673 e. The first-order valence-corrected chi connectivity index (χ1v) is 4.94. The summed E-state index contributed by atoms with van der Waals surface area (Å²) in [5.74, 6) is 0. The summed E-state index contributed by atoms with van der Waals surface area (Å²) in [5, 5.41) is 0. The molecule has 0 fully saturated rings. The van der Waals surface area contributed by atoms with Gasteiger partial charge in [-0.25, -0.2) is 0 Å². The van der Waals surface area contributed by atoms with Crippen LogP contribution in [0.15, 0.2) is 42.7 Å². The minimum Gasteiger partial charge on any atom is -0.418 e. The predicted molar refractivity (Wildman–Crippen MR) is 60.9 cm³/mol. The molecule has 0 aliphatic carbocycles. The fourth-order valence-electron chi connectivity index (χ4n) is 1.32. The third-order valence-electron chi connectivity index (χ3n) is 1.96. The molecular formula is C10H12BF4N2-. The maximum absolute atomic E-state index is 9.75. The van der Waals surface area contributed by atoms with Gasteiger partial charge in [0.2, 0.25) is 0 Å². The minimum atomic E-state index is -6.00. The van der Waals surface area contributed by atoms with E-state index < -0.39 is 7.25 Å². The third-order valence-corrected chi connectivity index (χ3v) is 1.96. The molecule has 0 amide bonds. The molecule has 0 saturated heterocycles. The Morgan fingerprint density at radius 2 is 1.53 bits per heavy atom. The molecule has 0 aromatic heterocycles. The summed E-state index contributed by atoms with van der Waals surface area (Å²) in [5.41, 5.74) is 1.25. The molecule has 7 heteroatoms. The van der Waals surface area contributed by atoms with Crippen LogP contribution in [-0.4, -0.2) is 25.9 Å².